The zero-order valence-electron chi connectivity index (χ0n) is 16.2. The highest BCUT2D eigenvalue weighted by Crippen LogP contribution is 2.20. The van der Waals surface area contributed by atoms with Crippen molar-refractivity contribution in [3.63, 3.8) is 0 Å². The van der Waals surface area contributed by atoms with Crippen LogP contribution < -0.4 is 10.6 Å². The first-order chi connectivity index (χ1) is 13.1. The van der Waals surface area contributed by atoms with E-state index in [-0.39, 0.29) is 6.10 Å². The van der Waals surface area contributed by atoms with Gasteiger partial charge in [0.1, 0.15) is 6.26 Å². The summed E-state index contributed by atoms with van der Waals surface area (Å²) >= 11 is 0. The average Bonchev–Trinajstić information content (AvgIpc) is 3.13. The predicted molar refractivity (Wildman–Crippen MR) is 108 cm³/mol. The van der Waals surface area contributed by atoms with Gasteiger partial charge in [0.05, 0.1) is 11.8 Å². The lowest BCUT2D eigenvalue weighted by atomic mass is 9.93. The van der Waals surface area contributed by atoms with Crippen LogP contribution in [0.5, 0.6) is 0 Å². The molecule has 0 unspecified atom stereocenters. The maximum absolute atomic E-state index is 9.64. The van der Waals surface area contributed by atoms with Crippen molar-refractivity contribution in [1.29, 1.82) is 0 Å². The minimum Gasteiger partial charge on any atom is -0.444 e. The van der Waals surface area contributed by atoms with E-state index in [2.05, 4.69) is 46.6 Å². The molecule has 1 fully saturated rings. The van der Waals surface area contributed by atoms with Crippen molar-refractivity contribution in [3.8, 4) is 11.5 Å². The Kier molecular flexibility index (Phi) is 6.87. The summed E-state index contributed by atoms with van der Waals surface area (Å²) in [6.45, 7) is 5.59. The summed E-state index contributed by atoms with van der Waals surface area (Å²) < 4.78 is 5.61. The first-order valence-electron chi connectivity index (χ1n) is 9.88. The van der Waals surface area contributed by atoms with Crippen LogP contribution in [0, 0.1) is 6.92 Å². The molecular formula is C21H30N4O2. The fourth-order valence-corrected chi connectivity index (χ4v) is 3.27. The van der Waals surface area contributed by atoms with Gasteiger partial charge in [-0.3, -0.25) is 4.99 Å². The molecule has 6 nitrogen and oxygen atoms in total. The summed E-state index contributed by atoms with van der Waals surface area (Å²) in [5.41, 5.74) is 3.12. The van der Waals surface area contributed by atoms with Crippen molar-refractivity contribution in [2.75, 3.05) is 13.1 Å². The quantitative estimate of drug-likeness (QED) is 0.538. The summed E-state index contributed by atoms with van der Waals surface area (Å²) in [4.78, 5) is 9.24. The molecule has 1 aromatic heterocycles. The Bertz CT molecular complexity index is 731. The Balaban J connectivity index is 1.53. The van der Waals surface area contributed by atoms with Gasteiger partial charge in [0.25, 0.3) is 0 Å². The molecule has 1 aliphatic carbocycles. The molecule has 0 aliphatic heterocycles. The highest BCUT2D eigenvalue weighted by molar-refractivity contribution is 5.80. The van der Waals surface area contributed by atoms with Gasteiger partial charge in [0, 0.05) is 31.1 Å². The third-order valence-corrected chi connectivity index (χ3v) is 4.87. The van der Waals surface area contributed by atoms with Crippen LogP contribution in [0.4, 0.5) is 0 Å². The number of benzene rings is 1. The minimum absolute atomic E-state index is 0.141. The van der Waals surface area contributed by atoms with Crippen molar-refractivity contribution < 1.29 is 9.52 Å². The molecule has 1 aliphatic rings. The Morgan fingerprint density at radius 3 is 2.67 bits per heavy atom. The number of aliphatic hydroxyl groups is 1. The minimum atomic E-state index is -0.141. The van der Waals surface area contributed by atoms with Gasteiger partial charge in [-0.25, -0.2) is 4.98 Å². The van der Waals surface area contributed by atoms with Crippen LogP contribution in [-0.2, 0) is 6.42 Å². The number of nitrogens with zero attached hydrogens (tertiary/aromatic N) is 2. The smallest absolute Gasteiger partial charge is 0.226 e. The van der Waals surface area contributed by atoms with Crippen LogP contribution in [0.2, 0.25) is 0 Å². The lowest BCUT2D eigenvalue weighted by Gasteiger charge is -2.27. The van der Waals surface area contributed by atoms with Gasteiger partial charge in [0.2, 0.25) is 5.89 Å². The maximum atomic E-state index is 9.64. The fourth-order valence-electron chi connectivity index (χ4n) is 3.27. The van der Waals surface area contributed by atoms with Crippen molar-refractivity contribution in [3.05, 3.63) is 41.8 Å². The van der Waals surface area contributed by atoms with E-state index in [1.807, 2.05) is 12.1 Å². The number of rotatable bonds is 6. The third kappa shape index (κ3) is 5.82. The predicted octanol–water partition coefficient (Wildman–Crippen LogP) is 3.05. The molecule has 0 radical (unpaired) electrons. The molecule has 0 spiro atoms. The van der Waals surface area contributed by atoms with Crippen LogP contribution in [0.15, 0.2) is 39.9 Å². The van der Waals surface area contributed by atoms with E-state index in [4.69, 9.17) is 4.42 Å². The molecule has 1 heterocycles. The Morgan fingerprint density at radius 2 is 1.96 bits per heavy atom. The van der Waals surface area contributed by atoms with Crippen molar-refractivity contribution in [2.24, 2.45) is 4.99 Å². The van der Waals surface area contributed by atoms with E-state index < -0.39 is 0 Å². The SMILES string of the molecule is CCNC(=NCCc1coc(-c2ccc(C)cc2)n1)NC1CCC(O)CC1. The largest absolute Gasteiger partial charge is 0.444 e. The Hall–Kier alpha value is -2.34. The monoisotopic (exact) mass is 370 g/mol. The first kappa shape index (κ1) is 19.4. The molecule has 0 atom stereocenters. The van der Waals surface area contributed by atoms with Gasteiger partial charge < -0.3 is 20.2 Å². The highest BCUT2D eigenvalue weighted by atomic mass is 16.3. The van der Waals surface area contributed by atoms with E-state index in [1.165, 1.54) is 5.56 Å². The second-order valence-electron chi connectivity index (χ2n) is 7.17. The molecule has 1 saturated carbocycles. The number of aryl methyl sites for hydroxylation is 1. The second kappa shape index (κ2) is 9.55. The highest BCUT2D eigenvalue weighted by Gasteiger charge is 2.19. The summed E-state index contributed by atoms with van der Waals surface area (Å²) in [6.07, 6.45) is 5.99. The number of guanidine groups is 1. The number of hydrogen-bond acceptors (Lipinski definition) is 4. The van der Waals surface area contributed by atoms with Gasteiger partial charge in [-0.1, -0.05) is 17.7 Å². The maximum Gasteiger partial charge on any atom is 0.226 e. The van der Waals surface area contributed by atoms with Crippen LogP contribution in [0.1, 0.15) is 43.9 Å². The van der Waals surface area contributed by atoms with Crippen LogP contribution in [-0.4, -0.2) is 41.3 Å². The summed E-state index contributed by atoms with van der Waals surface area (Å²) in [6, 6.07) is 8.55. The lowest BCUT2D eigenvalue weighted by molar-refractivity contribution is 0.120. The van der Waals surface area contributed by atoms with Crippen molar-refractivity contribution in [2.45, 2.75) is 58.1 Å². The van der Waals surface area contributed by atoms with E-state index in [1.54, 1.807) is 6.26 Å². The molecule has 0 saturated heterocycles. The normalized spacial score (nSPS) is 20.5. The van der Waals surface area contributed by atoms with Gasteiger partial charge in [0.15, 0.2) is 5.96 Å². The molecule has 2 aromatic rings. The van der Waals surface area contributed by atoms with Crippen molar-refractivity contribution >= 4 is 5.96 Å². The van der Waals surface area contributed by atoms with Gasteiger partial charge in [-0.15, -0.1) is 0 Å². The molecule has 0 bridgehead atoms. The molecule has 0 amide bonds. The topological polar surface area (TPSA) is 82.7 Å². The second-order valence-corrected chi connectivity index (χ2v) is 7.17. The molecule has 3 rings (SSSR count). The molecular weight excluding hydrogens is 340 g/mol. The number of aliphatic imine (C=N–C) groups is 1. The van der Waals surface area contributed by atoms with Crippen LogP contribution in [0.3, 0.4) is 0 Å². The summed E-state index contributed by atoms with van der Waals surface area (Å²) in [7, 11) is 0. The van der Waals surface area contributed by atoms with Gasteiger partial charge in [-0.05, 0) is 51.7 Å². The van der Waals surface area contributed by atoms with Gasteiger partial charge >= 0.3 is 0 Å². The zero-order valence-corrected chi connectivity index (χ0v) is 16.2. The number of hydrogen-bond donors (Lipinski definition) is 3. The molecule has 3 N–H and O–H groups in total. The van der Waals surface area contributed by atoms with Crippen molar-refractivity contribution in [1.82, 2.24) is 15.6 Å². The first-order valence-corrected chi connectivity index (χ1v) is 9.88. The average molecular weight is 370 g/mol. The van der Waals surface area contributed by atoms with E-state index in [0.717, 1.165) is 55.9 Å². The summed E-state index contributed by atoms with van der Waals surface area (Å²) in [5.74, 6) is 1.49. The number of aliphatic hydroxyl groups excluding tert-OH is 1. The van der Waals surface area contributed by atoms with E-state index in [0.29, 0.717) is 18.5 Å². The number of aromatic nitrogens is 1. The third-order valence-electron chi connectivity index (χ3n) is 4.87. The Labute approximate surface area is 161 Å². The van der Waals surface area contributed by atoms with Gasteiger partial charge in [-0.2, -0.15) is 0 Å². The molecule has 27 heavy (non-hydrogen) atoms. The molecule has 146 valence electrons. The van der Waals surface area contributed by atoms with Crippen LogP contribution in [0.25, 0.3) is 11.5 Å². The molecule has 6 heteroatoms. The molecule has 1 aromatic carbocycles. The number of oxazole rings is 1. The zero-order chi connectivity index (χ0) is 19.1. The lowest BCUT2D eigenvalue weighted by Crippen LogP contribution is -2.45. The van der Waals surface area contributed by atoms with Crippen LogP contribution >= 0.6 is 0 Å². The standard InChI is InChI=1S/C21H30N4O2/c1-3-22-21(25-17-8-10-19(26)11-9-17)23-13-12-18-14-27-20(24-18)16-6-4-15(2)5-7-16/h4-7,14,17,19,26H,3,8-13H2,1-2H3,(H2,22,23,25). The van der Waals surface area contributed by atoms with E-state index >= 15 is 0 Å². The summed E-state index contributed by atoms with van der Waals surface area (Å²) in [5, 5.41) is 16.4. The fraction of sp³-hybridized carbons (Fsp3) is 0.524. The van der Waals surface area contributed by atoms with E-state index in [9.17, 15) is 5.11 Å². The number of nitrogens with one attached hydrogen (secondary N) is 2. The Morgan fingerprint density at radius 1 is 1.22 bits per heavy atom.